The molecular weight excluding hydrogens is 302 g/mol. The highest BCUT2D eigenvalue weighted by Crippen LogP contribution is 2.16. The lowest BCUT2D eigenvalue weighted by Crippen LogP contribution is -2.52. The van der Waals surface area contributed by atoms with E-state index in [1.54, 1.807) is 0 Å². The van der Waals surface area contributed by atoms with Crippen molar-refractivity contribution in [1.29, 1.82) is 0 Å². The van der Waals surface area contributed by atoms with E-state index in [1.165, 1.54) is 12.8 Å². The Kier molecular flexibility index (Phi) is 10.3. The molecule has 1 rings (SSSR count). The molecule has 2 N–H and O–H groups in total. The first-order valence-corrected chi connectivity index (χ1v) is 9.53. The van der Waals surface area contributed by atoms with Crippen molar-refractivity contribution in [1.82, 2.24) is 20.4 Å². The second kappa shape index (κ2) is 11.7. The van der Waals surface area contributed by atoms with Crippen molar-refractivity contribution >= 4 is 5.96 Å². The molecule has 6 nitrogen and oxygen atoms in total. The van der Waals surface area contributed by atoms with Gasteiger partial charge in [0.25, 0.3) is 0 Å². The van der Waals surface area contributed by atoms with Gasteiger partial charge in [0.2, 0.25) is 0 Å². The molecule has 6 heteroatoms. The van der Waals surface area contributed by atoms with Crippen LogP contribution in [0.2, 0.25) is 0 Å². The smallest absolute Gasteiger partial charge is 0.191 e. The number of likely N-dealkylation sites (N-methyl/N-ethyl adjacent to an activating group) is 1. The van der Waals surface area contributed by atoms with Gasteiger partial charge in [0.15, 0.2) is 5.96 Å². The first-order valence-electron chi connectivity index (χ1n) is 9.53. The Balaban J connectivity index is 2.43. The third-order valence-electron chi connectivity index (χ3n) is 4.51. The molecule has 0 aromatic carbocycles. The van der Waals surface area contributed by atoms with E-state index in [-0.39, 0.29) is 5.54 Å². The van der Waals surface area contributed by atoms with Crippen molar-refractivity contribution in [3.8, 4) is 0 Å². The number of nitrogens with one attached hydrogen (secondary N) is 2. The van der Waals surface area contributed by atoms with Gasteiger partial charge in [-0.3, -0.25) is 9.89 Å². The number of hydrogen-bond donors (Lipinski definition) is 2. The van der Waals surface area contributed by atoms with Crippen molar-refractivity contribution in [2.45, 2.75) is 46.1 Å². The van der Waals surface area contributed by atoms with Crippen LogP contribution in [0.1, 0.15) is 40.5 Å². The summed E-state index contributed by atoms with van der Waals surface area (Å²) in [5.41, 5.74) is 0.0596. The fourth-order valence-corrected chi connectivity index (χ4v) is 2.79. The molecule has 1 fully saturated rings. The maximum absolute atomic E-state index is 5.46. The average molecular weight is 342 g/mol. The van der Waals surface area contributed by atoms with Crippen LogP contribution in [0.3, 0.4) is 0 Å². The summed E-state index contributed by atoms with van der Waals surface area (Å²) in [5, 5.41) is 6.81. The quantitative estimate of drug-likeness (QED) is 0.464. The van der Waals surface area contributed by atoms with Gasteiger partial charge in [-0.2, -0.15) is 0 Å². The predicted molar refractivity (Wildman–Crippen MR) is 103 cm³/mol. The molecule has 0 unspecified atom stereocenters. The number of guanidine groups is 1. The van der Waals surface area contributed by atoms with Crippen molar-refractivity contribution in [3.05, 3.63) is 0 Å². The second-order valence-electron chi connectivity index (χ2n) is 7.19. The minimum atomic E-state index is 0.0596. The third-order valence-corrected chi connectivity index (χ3v) is 4.51. The molecule has 1 saturated heterocycles. The third kappa shape index (κ3) is 8.31. The van der Waals surface area contributed by atoms with Gasteiger partial charge in [-0.15, -0.1) is 0 Å². The van der Waals surface area contributed by atoms with E-state index >= 15 is 0 Å². The SMILES string of the molecule is CCCCN(C)CCNC(=NCC(C)(C)N1CCOCC1)NCC. The van der Waals surface area contributed by atoms with Crippen LogP contribution < -0.4 is 10.6 Å². The van der Waals surface area contributed by atoms with Crippen molar-refractivity contribution < 1.29 is 4.74 Å². The molecular formula is C18H39N5O. The topological polar surface area (TPSA) is 52.1 Å². The molecule has 1 heterocycles. The van der Waals surface area contributed by atoms with Crippen LogP contribution in [0, 0.1) is 0 Å². The number of ether oxygens (including phenoxy) is 1. The maximum atomic E-state index is 5.46. The van der Waals surface area contributed by atoms with Crippen LogP contribution >= 0.6 is 0 Å². The Morgan fingerprint density at radius 3 is 2.50 bits per heavy atom. The van der Waals surface area contributed by atoms with Gasteiger partial charge in [-0.05, 0) is 40.8 Å². The van der Waals surface area contributed by atoms with E-state index in [4.69, 9.17) is 9.73 Å². The summed E-state index contributed by atoms with van der Waals surface area (Å²) in [4.78, 5) is 9.66. The van der Waals surface area contributed by atoms with Gasteiger partial charge >= 0.3 is 0 Å². The molecule has 0 aromatic rings. The zero-order valence-corrected chi connectivity index (χ0v) is 16.5. The van der Waals surface area contributed by atoms with Crippen molar-refractivity contribution in [2.75, 3.05) is 66.1 Å². The monoisotopic (exact) mass is 341 g/mol. The van der Waals surface area contributed by atoms with Crippen LogP contribution in [0.5, 0.6) is 0 Å². The van der Waals surface area contributed by atoms with Crippen molar-refractivity contribution in [3.63, 3.8) is 0 Å². The van der Waals surface area contributed by atoms with E-state index < -0.39 is 0 Å². The lowest BCUT2D eigenvalue weighted by molar-refractivity contribution is -0.00683. The number of unbranched alkanes of at least 4 members (excludes halogenated alkanes) is 1. The summed E-state index contributed by atoms with van der Waals surface area (Å²) in [6, 6.07) is 0. The van der Waals surface area contributed by atoms with Crippen LogP contribution in [-0.4, -0.2) is 87.4 Å². The molecule has 0 amide bonds. The maximum Gasteiger partial charge on any atom is 0.191 e. The summed E-state index contributed by atoms with van der Waals surface area (Å²) < 4.78 is 5.46. The van der Waals surface area contributed by atoms with Gasteiger partial charge in [0.05, 0.1) is 19.8 Å². The summed E-state index contributed by atoms with van der Waals surface area (Å²) in [5.74, 6) is 0.919. The van der Waals surface area contributed by atoms with Gasteiger partial charge in [0.1, 0.15) is 0 Å². The summed E-state index contributed by atoms with van der Waals surface area (Å²) in [6.45, 7) is 17.3. The molecule has 0 radical (unpaired) electrons. The Morgan fingerprint density at radius 2 is 1.88 bits per heavy atom. The molecule has 0 aromatic heterocycles. The second-order valence-corrected chi connectivity index (χ2v) is 7.19. The molecule has 24 heavy (non-hydrogen) atoms. The Bertz CT molecular complexity index is 353. The Morgan fingerprint density at radius 1 is 1.17 bits per heavy atom. The first kappa shape index (κ1) is 21.2. The molecule has 0 saturated carbocycles. The minimum absolute atomic E-state index is 0.0596. The average Bonchev–Trinajstić information content (AvgIpc) is 2.58. The highest BCUT2D eigenvalue weighted by atomic mass is 16.5. The minimum Gasteiger partial charge on any atom is -0.379 e. The molecule has 1 aliphatic rings. The highest BCUT2D eigenvalue weighted by molar-refractivity contribution is 5.79. The Labute approximate surface area is 149 Å². The zero-order chi connectivity index (χ0) is 17.8. The number of hydrogen-bond acceptors (Lipinski definition) is 4. The summed E-state index contributed by atoms with van der Waals surface area (Å²) in [6.07, 6.45) is 2.51. The number of rotatable bonds is 10. The zero-order valence-electron chi connectivity index (χ0n) is 16.5. The number of nitrogens with zero attached hydrogens (tertiary/aromatic N) is 3. The Hall–Kier alpha value is -0.850. The lowest BCUT2D eigenvalue weighted by Gasteiger charge is -2.39. The molecule has 142 valence electrons. The van der Waals surface area contributed by atoms with Gasteiger partial charge < -0.3 is 20.3 Å². The summed E-state index contributed by atoms with van der Waals surface area (Å²) in [7, 11) is 2.18. The normalized spacial score (nSPS) is 17.3. The van der Waals surface area contributed by atoms with Crippen LogP contribution in [0.25, 0.3) is 0 Å². The molecule has 0 bridgehead atoms. The van der Waals surface area contributed by atoms with Crippen molar-refractivity contribution in [2.24, 2.45) is 4.99 Å². The van der Waals surface area contributed by atoms with E-state index in [0.717, 1.165) is 65.0 Å². The highest BCUT2D eigenvalue weighted by Gasteiger charge is 2.28. The fourth-order valence-electron chi connectivity index (χ4n) is 2.79. The van der Waals surface area contributed by atoms with Crippen LogP contribution in [0.15, 0.2) is 4.99 Å². The number of aliphatic imine (C=N–C) groups is 1. The molecule has 1 aliphatic heterocycles. The number of morpholine rings is 1. The van der Waals surface area contributed by atoms with Gasteiger partial charge in [-0.1, -0.05) is 13.3 Å². The van der Waals surface area contributed by atoms with Crippen LogP contribution in [-0.2, 0) is 4.74 Å². The molecule has 0 atom stereocenters. The van der Waals surface area contributed by atoms with Gasteiger partial charge in [-0.25, -0.2) is 0 Å². The molecule has 0 aliphatic carbocycles. The van der Waals surface area contributed by atoms with E-state index in [0.29, 0.717) is 0 Å². The molecule has 0 spiro atoms. The van der Waals surface area contributed by atoms with Gasteiger partial charge in [0, 0.05) is 38.3 Å². The van der Waals surface area contributed by atoms with E-state index in [1.807, 2.05) is 0 Å². The predicted octanol–water partition coefficient (Wildman–Crippen LogP) is 1.38. The lowest BCUT2D eigenvalue weighted by atomic mass is 10.0. The van der Waals surface area contributed by atoms with Crippen LogP contribution in [0.4, 0.5) is 0 Å². The standard InChI is InChI=1S/C18H39N5O/c1-6-8-10-22(5)11-9-20-17(19-7-2)21-16-18(3,4)23-12-14-24-15-13-23/h6-16H2,1-5H3,(H2,19,20,21). The fraction of sp³-hybridized carbons (Fsp3) is 0.944. The largest absolute Gasteiger partial charge is 0.379 e. The van der Waals surface area contributed by atoms with E-state index in [2.05, 4.69) is 55.2 Å². The first-order chi connectivity index (χ1) is 11.5. The summed E-state index contributed by atoms with van der Waals surface area (Å²) >= 11 is 0. The van der Waals surface area contributed by atoms with E-state index in [9.17, 15) is 0 Å².